The SMILES string of the molecule is C[C@@H]1NC(=O)[C@H](Cc2ccccc2)NC(=O)[C@H](C)NC(=O)C2(CCN(c3ncnc4nc[nH]c34)CC2)Oc2ccc(cc2)OCCNC1=O. The van der Waals surface area contributed by atoms with Crippen molar-refractivity contribution in [3.63, 3.8) is 0 Å². The van der Waals surface area contributed by atoms with Crippen molar-refractivity contribution in [1.82, 2.24) is 41.2 Å². The van der Waals surface area contributed by atoms with E-state index in [-0.39, 0.29) is 32.4 Å². The van der Waals surface area contributed by atoms with Crippen molar-refractivity contribution in [3.8, 4) is 11.5 Å². The number of nitrogens with one attached hydrogen (secondary N) is 5. The van der Waals surface area contributed by atoms with Gasteiger partial charge in [0.1, 0.15) is 48.1 Å². The summed E-state index contributed by atoms with van der Waals surface area (Å²) in [5.41, 5.74) is 0.725. The monoisotopic (exact) mass is 669 g/mol. The quantitative estimate of drug-likeness (QED) is 0.197. The molecule has 15 nitrogen and oxygen atoms in total. The van der Waals surface area contributed by atoms with Gasteiger partial charge in [-0.25, -0.2) is 15.0 Å². The van der Waals surface area contributed by atoms with Crippen LogP contribution in [0.2, 0.25) is 0 Å². The van der Waals surface area contributed by atoms with Crippen LogP contribution in [0.3, 0.4) is 0 Å². The number of hydrogen-bond acceptors (Lipinski definition) is 10. The standard InChI is InChI=1S/C34H39N9O6/c1-21-30(44)35-14-17-48-24-8-10-25(11-9-24)49-34(12-15-43(16-13-34)29-27-28(37-19-36-27)38-20-39-29)33(47)41-22(2)31(45)42-26(32(46)40-21)18-23-6-4-3-5-7-23/h3-11,19-22,26H,12-18H2,1-2H3,(H,35,44)(H,40,46)(H,41,47)(H,42,45)(H,36,37,38,39)/t21-,22-,26-/m0/s1. The molecular formula is C34H39N9O6. The van der Waals surface area contributed by atoms with Gasteiger partial charge in [-0.05, 0) is 43.7 Å². The first-order valence-corrected chi connectivity index (χ1v) is 16.2. The average Bonchev–Trinajstić information content (AvgIpc) is 3.60. The summed E-state index contributed by atoms with van der Waals surface area (Å²) < 4.78 is 12.3. The summed E-state index contributed by atoms with van der Waals surface area (Å²) in [4.78, 5) is 71.9. The summed E-state index contributed by atoms with van der Waals surface area (Å²) in [5.74, 6) is -0.292. The summed E-state index contributed by atoms with van der Waals surface area (Å²) in [7, 11) is 0. The van der Waals surface area contributed by atoms with Crippen LogP contribution in [0.15, 0.2) is 67.3 Å². The van der Waals surface area contributed by atoms with Crippen LogP contribution in [-0.4, -0.2) is 93.5 Å². The molecule has 3 atom stereocenters. The summed E-state index contributed by atoms with van der Waals surface area (Å²) in [6, 6.07) is 13.2. The number of piperidine rings is 1. The third-order valence-corrected chi connectivity index (χ3v) is 8.70. The van der Waals surface area contributed by atoms with Gasteiger partial charge in [0.05, 0.1) is 12.9 Å². The first kappa shape index (κ1) is 33.2. The van der Waals surface area contributed by atoms with Crippen LogP contribution in [-0.2, 0) is 25.6 Å². The molecule has 15 heteroatoms. The molecule has 2 bridgehead atoms. The van der Waals surface area contributed by atoms with Gasteiger partial charge in [-0.3, -0.25) is 19.2 Å². The number of aromatic amines is 1. The lowest BCUT2D eigenvalue weighted by atomic mass is 9.89. The summed E-state index contributed by atoms with van der Waals surface area (Å²) in [5, 5.41) is 11.1. The molecule has 7 rings (SSSR count). The van der Waals surface area contributed by atoms with Gasteiger partial charge in [-0.2, -0.15) is 0 Å². The van der Waals surface area contributed by atoms with E-state index in [4.69, 9.17) is 9.47 Å². The van der Waals surface area contributed by atoms with Gasteiger partial charge in [0.15, 0.2) is 17.1 Å². The van der Waals surface area contributed by atoms with Crippen molar-refractivity contribution in [2.24, 2.45) is 0 Å². The van der Waals surface area contributed by atoms with Gasteiger partial charge in [0.2, 0.25) is 17.7 Å². The van der Waals surface area contributed by atoms with Gasteiger partial charge >= 0.3 is 0 Å². The first-order valence-electron chi connectivity index (χ1n) is 16.2. The highest BCUT2D eigenvalue weighted by Gasteiger charge is 2.45. The maximum atomic E-state index is 14.1. The van der Waals surface area contributed by atoms with Gasteiger partial charge in [0, 0.05) is 32.4 Å². The third kappa shape index (κ3) is 7.71. The van der Waals surface area contributed by atoms with E-state index in [1.165, 1.54) is 6.33 Å². The predicted molar refractivity (Wildman–Crippen MR) is 179 cm³/mol. The predicted octanol–water partition coefficient (Wildman–Crippen LogP) is 1.02. The fourth-order valence-electron chi connectivity index (χ4n) is 5.90. The largest absolute Gasteiger partial charge is 0.492 e. The highest BCUT2D eigenvalue weighted by Crippen LogP contribution is 2.33. The lowest BCUT2D eigenvalue weighted by Gasteiger charge is -2.41. The summed E-state index contributed by atoms with van der Waals surface area (Å²) >= 11 is 0. The fraction of sp³-hybridized carbons (Fsp3) is 0.382. The lowest BCUT2D eigenvalue weighted by Crippen LogP contribution is -2.61. The van der Waals surface area contributed by atoms with Crippen LogP contribution in [0.1, 0.15) is 32.3 Å². The number of carbonyl (C=O) groups is 4. The Kier molecular flexibility index (Phi) is 9.87. The zero-order chi connectivity index (χ0) is 34.4. The van der Waals surface area contributed by atoms with Crippen LogP contribution in [0, 0.1) is 0 Å². The van der Waals surface area contributed by atoms with Crippen molar-refractivity contribution in [3.05, 3.63) is 72.8 Å². The summed E-state index contributed by atoms with van der Waals surface area (Å²) in [6.07, 6.45) is 3.75. The maximum absolute atomic E-state index is 14.1. The average molecular weight is 670 g/mol. The van der Waals surface area contributed by atoms with E-state index in [1.807, 2.05) is 35.2 Å². The minimum Gasteiger partial charge on any atom is -0.492 e. The van der Waals surface area contributed by atoms with E-state index in [1.54, 1.807) is 44.4 Å². The van der Waals surface area contributed by atoms with E-state index >= 15 is 0 Å². The minimum atomic E-state index is -1.32. The number of rotatable bonds is 3. The fourth-order valence-corrected chi connectivity index (χ4v) is 5.90. The molecule has 3 aliphatic rings. The molecule has 0 aliphatic carbocycles. The number of anilines is 1. The molecule has 2 aromatic heterocycles. The van der Waals surface area contributed by atoms with E-state index < -0.39 is 47.4 Å². The Hall–Kier alpha value is -5.73. The second kappa shape index (κ2) is 14.6. The molecule has 5 N–H and O–H groups in total. The summed E-state index contributed by atoms with van der Waals surface area (Å²) in [6.45, 7) is 4.35. The maximum Gasteiger partial charge on any atom is 0.264 e. The number of aromatic nitrogens is 4. The second-order valence-corrected chi connectivity index (χ2v) is 12.2. The Balaban J connectivity index is 1.25. The molecule has 0 radical (unpaired) electrons. The van der Waals surface area contributed by atoms with E-state index in [2.05, 4.69) is 41.2 Å². The molecule has 1 spiro atoms. The van der Waals surface area contributed by atoms with Crippen LogP contribution in [0.5, 0.6) is 11.5 Å². The molecule has 5 heterocycles. The van der Waals surface area contributed by atoms with Gasteiger partial charge in [-0.15, -0.1) is 0 Å². The molecular weight excluding hydrogens is 630 g/mol. The molecule has 0 unspecified atom stereocenters. The van der Waals surface area contributed by atoms with E-state index in [9.17, 15) is 19.2 Å². The van der Waals surface area contributed by atoms with Gasteiger partial charge in [0.25, 0.3) is 5.91 Å². The van der Waals surface area contributed by atoms with Crippen LogP contribution < -0.4 is 35.6 Å². The third-order valence-electron chi connectivity index (χ3n) is 8.70. The number of imidazole rings is 1. The topological polar surface area (TPSA) is 193 Å². The van der Waals surface area contributed by atoms with Crippen molar-refractivity contribution in [1.29, 1.82) is 0 Å². The van der Waals surface area contributed by atoms with E-state index in [0.717, 1.165) is 5.56 Å². The number of carbonyl (C=O) groups excluding carboxylic acids is 4. The van der Waals surface area contributed by atoms with Crippen molar-refractivity contribution in [2.75, 3.05) is 31.1 Å². The van der Waals surface area contributed by atoms with Crippen molar-refractivity contribution < 1.29 is 28.7 Å². The molecule has 3 aliphatic heterocycles. The van der Waals surface area contributed by atoms with Crippen LogP contribution >= 0.6 is 0 Å². The first-order chi connectivity index (χ1) is 23.7. The molecule has 4 amide bonds. The number of benzene rings is 2. The molecule has 0 saturated carbocycles. The smallest absolute Gasteiger partial charge is 0.264 e. The zero-order valence-electron chi connectivity index (χ0n) is 27.3. The van der Waals surface area contributed by atoms with E-state index in [0.29, 0.717) is 41.6 Å². The Morgan fingerprint density at radius 2 is 1.53 bits per heavy atom. The minimum absolute atomic E-state index is 0.173. The number of nitrogens with zero attached hydrogens (tertiary/aromatic N) is 4. The highest BCUT2D eigenvalue weighted by molar-refractivity contribution is 5.95. The lowest BCUT2D eigenvalue weighted by molar-refractivity contribution is -0.142. The molecule has 1 saturated heterocycles. The molecule has 4 aromatic rings. The van der Waals surface area contributed by atoms with Gasteiger partial charge in [-0.1, -0.05) is 30.3 Å². The molecule has 1 fully saturated rings. The number of hydrogen-bond donors (Lipinski definition) is 5. The zero-order valence-corrected chi connectivity index (χ0v) is 27.3. The Morgan fingerprint density at radius 1 is 0.816 bits per heavy atom. The van der Waals surface area contributed by atoms with Crippen molar-refractivity contribution in [2.45, 2.75) is 56.8 Å². The van der Waals surface area contributed by atoms with Gasteiger partial charge < -0.3 is 40.6 Å². The van der Waals surface area contributed by atoms with Crippen LogP contribution in [0.4, 0.5) is 5.82 Å². The van der Waals surface area contributed by atoms with Crippen molar-refractivity contribution >= 4 is 40.6 Å². The second-order valence-electron chi connectivity index (χ2n) is 12.2. The number of amides is 4. The van der Waals surface area contributed by atoms with Crippen LogP contribution in [0.25, 0.3) is 11.2 Å². The molecule has 49 heavy (non-hydrogen) atoms. The molecule has 256 valence electrons. The number of ether oxygens (including phenoxy) is 2. The number of fused-ring (bicyclic) bond motifs is 16. The molecule has 2 aromatic carbocycles. The Bertz CT molecular complexity index is 1790. The number of H-pyrrole nitrogens is 1. The normalized spacial score (nSPS) is 22.3. The highest BCUT2D eigenvalue weighted by atomic mass is 16.5. The Labute approximate surface area is 282 Å². The Morgan fingerprint density at radius 3 is 2.29 bits per heavy atom.